The van der Waals surface area contributed by atoms with Crippen LogP contribution in [0.5, 0.6) is 0 Å². The van der Waals surface area contributed by atoms with E-state index < -0.39 is 29.9 Å². The molecule has 26 heavy (non-hydrogen) atoms. The SMILES string of the molecule is C=C(NC1CC1C(F)(F)F)c1ccc(C(F)(F)F)cc1NSC(C)(C)C. The summed E-state index contributed by atoms with van der Waals surface area (Å²) in [6, 6.07) is 2.25. The van der Waals surface area contributed by atoms with Crippen molar-refractivity contribution in [2.24, 2.45) is 5.92 Å². The molecule has 0 radical (unpaired) electrons. The Morgan fingerprint density at radius 3 is 2.19 bits per heavy atom. The molecule has 0 aliphatic heterocycles. The highest BCUT2D eigenvalue weighted by Crippen LogP contribution is 2.46. The lowest BCUT2D eigenvalue weighted by Gasteiger charge is -2.22. The van der Waals surface area contributed by atoms with Crippen molar-refractivity contribution >= 4 is 23.3 Å². The Hall–Kier alpha value is -1.51. The molecule has 0 amide bonds. The summed E-state index contributed by atoms with van der Waals surface area (Å²) in [6.07, 6.45) is -8.88. The molecule has 2 N–H and O–H groups in total. The normalized spacial score (nSPS) is 20.7. The van der Waals surface area contributed by atoms with E-state index in [1.807, 2.05) is 20.8 Å². The van der Waals surface area contributed by atoms with Gasteiger partial charge in [-0.05, 0) is 51.3 Å². The molecule has 1 fully saturated rings. The summed E-state index contributed by atoms with van der Waals surface area (Å²) in [6.45, 7) is 9.34. The van der Waals surface area contributed by atoms with Gasteiger partial charge in [0.15, 0.2) is 0 Å². The molecule has 2 unspecified atom stereocenters. The van der Waals surface area contributed by atoms with Crippen molar-refractivity contribution in [3.63, 3.8) is 0 Å². The van der Waals surface area contributed by atoms with Crippen LogP contribution in [0.15, 0.2) is 24.8 Å². The second kappa shape index (κ2) is 6.90. The summed E-state index contributed by atoms with van der Waals surface area (Å²) in [5.74, 6) is -1.45. The molecule has 1 aliphatic rings. The number of rotatable bonds is 5. The average molecular weight is 398 g/mol. The first-order valence-electron chi connectivity index (χ1n) is 7.86. The summed E-state index contributed by atoms with van der Waals surface area (Å²) >= 11 is 1.21. The zero-order valence-corrected chi connectivity index (χ0v) is 15.3. The fourth-order valence-corrected chi connectivity index (χ4v) is 2.88. The zero-order valence-electron chi connectivity index (χ0n) is 14.5. The van der Waals surface area contributed by atoms with Gasteiger partial charge in [-0.2, -0.15) is 26.3 Å². The Bertz CT molecular complexity index is 675. The van der Waals surface area contributed by atoms with Crippen LogP contribution in [0.1, 0.15) is 38.3 Å². The number of nitrogens with one attached hydrogen (secondary N) is 2. The number of alkyl halides is 6. The molecule has 2 nitrogen and oxygen atoms in total. The van der Waals surface area contributed by atoms with Crippen LogP contribution in [-0.4, -0.2) is 17.0 Å². The fraction of sp³-hybridized carbons (Fsp3) is 0.529. The van der Waals surface area contributed by atoms with E-state index in [-0.39, 0.29) is 22.6 Å². The number of halogens is 6. The molecule has 2 rings (SSSR count). The van der Waals surface area contributed by atoms with E-state index in [9.17, 15) is 26.3 Å². The van der Waals surface area contributed by atoms with Gasteiger partial charge in [0.1, 0.15) is 0 Å². The zero-order chi connectivity index (χ0) is 19.9. The third kappa shape index (κ3) is 5.49. The van der Waals surface area contributed by atoms with Crippen LogP contribution in [0.3, 0.4) is 0 Å². The molecule has 1 aromatic carbocycles. The van der Waals surface area contributed by atoms with Crippen molar-refractivity contribution in [3.05, 3.63) is 35.9 Å². The lowest BCUT2D eigenvalue weighted by molar-refractivity contribution is -0.148. The molecule has 0 heterocycles. The lowest BCUT2D eigenvalue weighted by Crippen LogP contribution is -2.23. The Kier molecular flexibility index (Phi) is 5.52. The summed E-state index contributed by atoms with van der Waals surface area (Å²) in [4.78, 5) is 0. The molecule has 1 aromatic rings. The minimum atomic E-state index is -4.52. The largest absolute Gasteiger partial charge is 0.416 e. The average Bonchev–Trinajstić information content (AvgIpc) is 3.22. The maximum Gasteiger partial charge on any atom is 0.416 e. The Balaban J connectivity index is 2.21. The van der Waals surface area contributed by atoms with Crippen LogP contribution in [0.2, 0.25) is 0 Å². The van der Waals surface area contributed by atoms with E-state index in [0.29, 0.717) is 5.56 Å². The topological polar surface area (TPSA) is 24.1 Å². The molecular formula is C17H20F6N2S. The lowest BCUT2D eigenvalue weighted by atomic mass is 10.1. The van der Waals surface area contributed by atoms with Gasteiger partial charge >= 0.3 is 12.4 Å². The molecule has 9 heteroatoms. The smallest absolute Gasteiger partial charge is 0.382 e. The van der Waals surface area contributed by atoms with Crippen LogP contribution in [0.4, 0.5) is 32.0 Å². The molecule has 0 spiro atoms. The molecule has 0 aromatic heterocycles. The van der Waals surface area contributed by atoms with E-state index in [2.05, 4.69) is 16.6 Å². The molecule has 0 bridgehead atoms. The van der Waals surface area contributed by atoms with E-state index in [1.54, 1.807) is 0 Å². The van der Waals surface area contributed by atoms with Crippen molar-refractivity contribution in [1.29, 1.82) is 0 Å². The monoisotopic (exact) mass is 398 g/mol. The van der Waals surface area contributed by atoms with Gasteiger partial charge < -0.3 is 10.0 Å². The van der Waals surface area contributed by atoms with Crippen molar-refractivity contribution in [2.75, 3.05) is 4.72 Å². The van der Waals surface area contributed by atoms with Crippen molar-refractivity contribution < 1.29 is 26.3 Å². The van der Waals surface area contributed by atoms with Crippen molar-refractivity contribution in [3.8, 4) is 0 Å². The van der Waals surface area contributed by atoms with Crippen LogP contribution in [-0.2, 0) is 6.18 Å². The van der Waals surface area contributed by atoms with Gasteiger partial charge in [0.05, 0.1) is 17.2 Å². The molecular weight excluding hydrogens is 378 g/mol. The second-order valence-corrected chi connectivity index (χ2v) is 8.82. The molecule has 2 atom stereocenters. The maximum absolute atomic E-state index is 13.0. The molecule has 1 aliphatic carbocycles. The molecule has 1 saturated carbocycles. The van der Waals surface area contributed by atoms with Gasteiger partial charge in [0.2, 0.25) is 0 Å². The number of hydrogen-bond donors (Lipinski definition) is 2. The van der Waals surface area contributed by atoms with Gasteiger partial charge in [-0.15, -0.1) is 0 Å². The van der Waals surface area contributed by atoms with Gasteiger partial charge in [-0.3, -0.25) is 0 Å². The van der Waals surface area contributed by atoms with Gasteiger partial charge in [0, 0.05) is 22.0 Å². The quantitative estimate of drug-likeness (QED) is 0.465. The standard InChI is InChI=1S/C17H20F6N2S/c1-9(24-14-8-12(14)17(21,22)23)11-6-5-10(16(18,19)20)7-13(11)25-26-15(2,3)4/h5-7,12,14,24-25H,1,8H2,2-4H3. The summed E-state index contributed by atoms with van der Waals surface area (Å²) < 4.78 is 79.5. The second-order valence-electron chi connectivity index (χ2n) is 7.19. The highest BCUT2D eigenvalue weighted by Gasteiger charge is 2.56. The minimum absolute atomic E-state index is 0.0668. The van der Waals surface area contributed by atoms with Crippen LogP contribution in [0.25, 0.3) is 5.70 Å². The van der Waals surface area contributed by atoms with Crippen LogP contribution < -0.4 is 10.0 Å². The Morgan fingerprint density at radius 2 is 1.73 bits per heavy atom. The van der Waals surface area contributed by atoms with E-state index in [1.165, 1.54) is 18.0 Å². The highest BCUT2D eigenvalue weighted by molar-refractivity contribution is 8.01. The van der Waals surface area contributed by atoms with Crippen molar-refractivity contribution in [2.45, 2.75) is 50.3 Å². The Labute approximate surface area is 152 Å². The summed E-state index contributed by atoms with van der Waals surface area (Å²) in [5, 5.41) is 2.68. The maximum atomic E-state index is 13.0. The fourth-order valence-electron chi connectivity index (χ4n) is 2.29. The van der Waals surface area contributed by atoms with Gasteiger partial charge in [0.25, 0.3) is 0 Å². The van der Waals surface area contributed by atoms with Crippen LogP contribution >= 0.6 is 11.9 Å². The molecule has 0 saturated heterocycles. The third-order valence-corrected chi connectivity index (χ3v) is 4.64. The van der Waals surface area contributed by atoms with Gasteiger partial charge in [-0.25, -0.2) is 0 Å². The van der Waals surface area contributed by atoms with E-state index >= 15 is 0 Å². The first-order chi connectivity index (χ1) is 11.7. The summed E-state index contributed by atoms with van der Waals surface area (Å²) in [7, 11) is 0. The summed E-state index contributed by atoms with van der Waals surface area (Å²) in [5.41, 5.74) is -0.220. The first-order valence-corrected chi connectivity index (χ1v) is 8.68. The predicted octanol–water partition coefficient (Wildman–Crippen LogP) is 6.08. The van der Waals surface area contributed by atoms with Gasteiger partial charge in [-0.1, -0.05) is 12.6 Å². The highest BCUT2D eigenvalue weighted by atomic mass is 32.2. The number of hydrogen-bond acceptors (Lipinski definition) is 3. The first kappa shape index (κ1) is 20.8. The minimum Gasteiger partial charge on any atom is -0.382 e. The van der Waals surface area contributed by atoms with E-state index in [0.717, 1.165) is 12.1 Å². The number of anilines is 1. The van der Waals surface area contributed by atoms with Crippen LogP contribution in [0, 0.1) is 5.92 Å². The predicted molar refractivity (Wildman–Crippen MR) is 92.5 cm³/mol. The number of benzene rings is 1. The van der Waals surface area contributed by atoms with E-state index in [4.69, 9.17) is 0 Å². The molecule has 146 valence electrons. The van der Waals surface area contributed by atoms with Crippen molar-refractivity contribution in [1.82, 2.24) is 5.32 Å². The third-order valence-electron chi connectivity index (χ3n) is 3.71. The Morgan fingerprint density at radius 1 is 1.12 bits per heavy atom.